The number of unbranched alkanes of at least 4 members (excludes halogenated alkanes) is 1. The fourth-order valence-electron chi connectivity index (χ4n) is 3.00. The number of halogens is 3. The first-order chi connectivity index (χ1) is 11.8. The maximum Gasteiger partial charge on any atom is 0.447 e. The maximum absolute atomic E-state index is 12.5. The monoisotopic (exact) mass is 375 g/mol. The third-order valence-electron chi connectivity index (χ3n) is 4.16. The van der Waals surface area contributed by atoms with Crippen molar-refractivity contribution in [2.45, 2.75) is 43.1 Å². The van der Waals surface area contributed by atoms with Crippen LogP contribution in [0.1, 0.15) is 43.0 Å². The highest BCUT2D eigenvalue weighted by Crippen LogP contribution is 2.37. The summed E-state index contributed by atoms with van der Waals surface area (Å²) in [6.45, 7) is 5.97. The summed E-state index contributed by atoms with van der Waals surface area (Å²) in [6, 6.07) is 2.83. The van der Waals surface area contributed by atoms with Crippen LogP contribution in [0.2, 0.25) is 0 Å². The molecule has 1 amide bonds. The number of likely N-dealkylation sites (tertiary alicyclic amines) is 1. The number of pyridine rings is 1. The number of rotatable bonds is 7. The van der Waals surface area contributed by atoms with E-state index in [0.29, 0.717) is 6.54 Å². The second-order valence-corrected chi connectivity index (χ2v) is 7.47. The van der Waals surface area contributed by atoms with E-state index in [1.165, 1.54) is 31.2 Å². The molecule has 1 fully saturated rings. The van der Waals surface area contributed by atoms with Crippen molar-refractivity contribution in [3.63, 3.8) is 0 Å². The van der Waals surface area contributed by atoms with Gasteiger partial charge in [0, 0.05) is 31.0 Å². The second kappa shape index (κ2) is 9.43. The van der Waals surface area contributed by atoms with Crippen LogP contribution in [0.4, 0.5) is 13.2 Å². The molecule has 2 heterocycles. The van der Waals surface area contributed by atoms with Crippen molar-refractivity contribution in [2.24, 2.45) is 5.92 Å². The summed E-state index contributed by atoms with van der Waals surface area (Å²) in [5.41, 5.74) is -4.50. The third-order valence-corrected chi connectivity index (χ3v) is 4.91. The molecule has 140 valence electrons. The van der Waals surface area contributed by atoms with E-state index < -0.39 is 11.4 Å². The molecule has 1 N–H and O–H groups in total. The van der Waals surface area contributed by atoms with Crippen LogP contribution in [0.5, 0.6) is 0 Å². The predicted molar refractivity (Wildman–Crippen MR) is 92.6 cm³/mol. The number of thioether (sulfide) groups is 1. The molecule has 0 aromatic carbocycles. The van der Waals surface area contributed by atoms with Crippen LogP contribution in [-0.4, -0.2) is 47.5 Å². The summed E-state index contributed by atoms with van der Waals surface area (Å²) in [5.74, 6) is 0.232. The van der Waals surface area contributed by atoms with Crippen molar-refractivity contribution in [1.82, 2.24) is 15.2 Å². The molecule has 1 unspecified atom stereocenters. The number of aromatic nitrogens is 1. The summed E-state index contributed by atoms with van der Waals surface area (Å²) >= 11 is -0.360. The van der Waals surface area contributed by atoms with Crippen molar-refractivity contribution in [3.05, 3.63) is 23.9 Å². The Balaban J connectivity index is 1.73. The van der Waals surface area contributed by atoms with E-state index in [1.54, 1.807) is 0 Å². The Bertz CT molecular complexity index is 568. The Kier molecular flexibility index (Phi) is 7.56. The lowest BCUT2D eigenvalue weighted by atomic mass is 10.0. The van der Waals surface area contributed by atoms with Gasteiger partial charge in [-0.25, -0.2) is 4.98 Å². The molecule has 1 aliphatic rings. The van der Waals surface area contributed by atoms with E-state index in [2.05, 4.69) is 22.1 Å². The van der Waals surface area contributed by atoms with Crippen molar-refractivity contribution in [3.8, 4) is 0 Å². The minimum atomic E-state index is -4.46. The second-order valence-electron chi connectivity index (χ2n) is 6.41. The van der Waals surface area contributed by atoms with Crippen LogP contribution >= 0.6 is 11.8 Å². The molecule has 8 heteroatoms. The van der Waals surface area contributed by atoms with Gasteiger partial charge < -0.3 is 10.2 Å². The maximum atomic E-state index is 12.5. The number of nitrogens with one attached hydrogen (secondary N) is 1. The molecule has 1 aromatic heterocycles. The van der Waals surface area contributed by atoms with Crippen LogP contribution in [0, 0.1) is 5.92 Å². The molecule has 0 spiro atoms. The lowest BCUT2D eigenvalue weighted by Gasteiger charge is -2.30. The Morgan fingerprint density at radius 3 is 2.96 bits per heavy atom. The summed E-state index contributed by atoms with van der Waals surface area (Å²) in [5, 5.41) is 2.38. The molecular formula is C17H24F3N3OS. The summed E-state index contributed by atoms with van der Waals surface area (Å²) in [7, 11) is 0. The standard InChI is InChI=1S/C17H24F3N3OS/c1-13-6-5-11-23(12-13)10-3-2-8-21-15(24)14-7-4-9-22-16(14)25-17(18,19)20/h4,7,9,13H,2-3,5-6,8,10-12H2,1H3,(H,21,24). The zero-order valence-corrected chi connectivity index (χ0v) is 15.1. The number of piperidine rings is 1. The van der Waals surface area contributed by atoms with Gasteiger partial charge in [-0.3, -0.25) is 4.79 Å². The summed E-state index contributed by atoms with van der Waals surface area (Å²) in [4.78, 5) is 18.2. The predicted octanol–water partition coefficient (Wildman–Crippen LogP) is 3.94. The zero-order valence-electron chi connectivity index (χ0n) is 14.3. The largest absolute Gasteiger partial charge is 0.447 e. The average Bonchev–Trinajstić information content (AvgIpc) is 2.53. The summed E-state index contributed by atoms with van der Waals surface area (Å²) < 4.78 is 37.6. The van der Waals surface area contributed by atoms with Gasteiger partial charge in [0.25, 0.3) is 5.91 Å². The number of amides is 1. The topological polar surface area (TPSA) is 45.2 Å². The van der Waals surface area contributed by atoms with Crippen LogP contribution in [0.3, 0.4) is 0 Å². The van der Waals surface area contributed by atoms with E-state index >= 15 is 0 Å². The van der Waals surface area contributed by atoms with E-state index in [4.69, 9.17) is 0 Å². The molecule has 0 radical (unpaired) electrons. The quantitative estimate of drug-likeness (QED) is 0.579. The normalized spacial score (nSPS) is 19.0. The molecule has 0 saturated carbocycles. The fraction of sp³-hybridized carbons (Fsp3) is 0.647. The third kappa shape index (κ3) is 7.23. The SMILES string of the molecule is CC1CCCN(CCCCNC(=O)c2cccnc2SC(F)(F)F)C1. The molecule has 25 heavy (non-hydrogen) atoms. The molecule has 0 bridgehead atoms. The van der Waals surface area contributed by atoms with Crippen molar-refractivity contribution in [2.75, 3.05) is 26.2 Å². The highest BCUT2D eigenvalue weighted by Gasteiger charge is 2.32. The molecule has 2 rings (SSSR count). The van der Waals surface area contributed by atoms with Crippen LogP contribution in [0.25, 0.3) is 0 Å². The van der Waals surface area contributed by atoms with Crippen molar-refractivity contribution < 1.29 is 18.0 Å². The summed E-state index contributed by atoms with van der Waals surface area (Å²) in [6.07, 6.45) is 5.54. The number of alkyl halides is 3. The highest BCUT2D eigenvalue weighted by molar-refractivity contribution is 8.00. The lowest BCUT2D eigenvalue weighted by Crippen LogP contribution is -2.35. The van der Waals surface area contributed by atoms with E-state index in [1.807, 2.05) is 0 Å². The number of carbonyl (C=O) groups is 1. The molecule has 0 aliphatic carbocycles. The first kappa shape index (κ1) is 20.0. The number of carbonyl (C=O) groups excluding carboxylic acids is 1. The average molecular weight is 375 g/mol. The van der Waals surface area contributed by atoms with Crippen LogP contribution < -0.4 is 5.32 Å². The van der Waals surface area contributed by atoms with Crippen molar-refractivity contribution >= 4 is 17.7 Å². The van der Waals surface area contributed by atoms with Gasteiger partial charge >= 0.3 is 5.51 Å². The van der Waals surface area contributed by atoms with Crippen LogP contribution in [-0.2, 0) is 0 Å². The smallest absolute Gasteiger partial charge is 0.352 e. The van der Waals surface area contributed by atoms with E-state index in [-0.39, 0.29) is 22.4 Å². The first-order valence-electron chi connectivity index (χ1n) is 8.56. The molecule has 1 aliphatic heterocycles. The molecular weight excluding hydrogens is 351 g/mol. The number of nitrogens with zero attached hydrogens (tertiary/aromatic N) is 2. The van der Waals surface area contributed by atoms with Crippen molar-refractivity contribution in [1.29, 1.82) is 0 Å². The molecule has 1 atom stereocenters. The molecule has 4 nitrogen and oxygen atoms in total. The first-order valence-corrected chi connectivity index (χ1v) is 9.38. The highest BCUT2D eigenvalue weighted by atomic mass is 32.2. The lowest BCUT2D eigenvalue weighted by molar-refractivity contribution is -0.0329. The van der Waals surface area contributed by atoms with Gasteiger partial charge in [0.1, 0.15) is 5.03 Å². The van der Waals surface area contributed by atoms with Gasteiger partial charge in [0.2, 0.25) is 0 Å². The molecule has 1 aromatic rings. The van der Waals surface area contributed by atoms with Gasteiger partial charge in [0.15, 0.2) is 0 Å². The van der Waals surface area contributed by atoms with Gasteiger partial charge in [-0.2, -0.15) is 13.2 Å². The van der Waals surface area contributed by atoms with E-state index in [0.717, 1.165) is 38.4 Å². The Labute approximate surface area is 150 Å². The minimum Gasteiger partial charge on any atom is -0.352 e. The Morgan fingerprint density at radius 1 is 1.44 bits per heavy atom. The van der Waals surface area contributed by atoms with Crippen LogP contribution in [0.15, 0.2) is 23.4 Å². The van der Waals surface area contributed by atoms with Gasteiger partial charge in [0.05, 0.1) is 5.56 Å². The number of hydrogen-bond acceptors (Lipinski definition) is 4. The number of hydrogen-bond donors (Lipinski definition) is 1. The van der Waals surface area contributed by atoms with Gasteiger partial charge in [-0.15, -0.1) is 0 Å². The Morgan fingerprint density at radius 2 is 2.24 bits per heavy atom. The van der Waals surface area contributed by atoms with Gasteiger partial charge in [-0.05, 0) is 56.8 Å². The zero-order chi connectivity index (χ0) is 18.3. The minimum absolute atomic E-state index is 0.0327. The fourth-order valence-corrected chi connectivity index (χ4v) is 3.61. The van der Waals surface area contributed by atoms with Gasteiger partial charge in [-0.1, -0.05) is 6.92 Å². The Hall–Kier alpha value is -1.28. The van der Waals surface area contributed by atoms with E-state index in [9.17, 15) is 18.0 Å². The molecule has 1 saturated heterocycles.